The van der Waals surface area contributed by atoms with Gasteiger partial charge in [-0.3, -0.25) is 4.79 Å². The van der Waals surface area contributed by atoms with Crippen LogP contribution in [0.1, 0.15) is 34.9 Å². The Bertz CT molecular complexity index is 1340. The Balaban J connectivity index is 1.38. The summed E-state index contributed by atoms with van der Waals surface area (Å²) in [6.45, 7) is 4.02. The number of amides is 1. The Hall–Kier alpha value is -3.92. The minimum absolute atomic E-state index is 0.127. The molecule has 0 aliphatic carbocycles. The minimum atomic E-state index is -0.315. The third-order valence-corrected chi connectivity index (χ3v) is 6.78. The molecule has 1 atom stereocenters. The summed E-state index contributed by atoms with van der Waals surface area (Å²) >= 11 is 1.28. The van der Waals surface area contributed by atoms with Crippen molar-refractivity contribution in [2.75, 3.05) is 12.9 Å². The number of hydrogen-bond donors (Lipinski definition) is 0. The molecule has 0 radical (unpaired) electrons. The molecule has 0 N–H and O–H groups in total. The van der Waals surface area contributed by atoms with Crippen LogP contribution in [0, 0.1) is 13.8 Å². The molecule has 0 saturated heterocycles. The molecule has 0 fully saturated rings. The molecule has 10 heteroatoms. The van der Waals surface area contributed by atoms with Crippen LogP contribution in [0.2, 0.25) is 0 Å². The number of hydrogen-bond acceptors (Lipinski definition) is 8. The molecule has 0 bridgehead atoms. The van der Waals surface area contributed by atoms with Gasteiger partial charge in [0, 0.05) is 6.42 Å². The highest BCUT2D eigenvalue weighted by atomic mass is 32.2. The number of nitrogens with zero attached hydrogens (tertiary/aromatic N) is 6. The number of benzene rings is 2. The topological polar surface area (TPSA) is 98.6 Å². The number of methoxy groups -OCH3 is 1. The second-order valence-corrected chi connectivity index (χ2v) is 9.09. The summed E-state index contributed by atoms with van der Waals surface area (Å²) in [6, 6.07) is 17.0. The first-order valence-electron chi connectivity index (χ1n) is 11.1. The number of rotatable bonds is 7. The average Bonchev–Trinajstić information content (AvgIpc) is 3.63. The molecule has 35 heavy (non-hydrogen) atoms. The predicted octanol–water partition coefficient (Wildman–Crippen LogP) is 4.35. The van der Waals surface area contributed by atoms with Gasteiger partial charge in [0.1, 0.15) is 17.6 Å². The van der Waals surface area contributed by atoms with Gasteiger partial charge < -0.3 is 9.15 Å². The summed E-state index contributed by atoms with van der Waals surface area (Å²) in [5.41, 5.74) is 4.77. The monoisotopic (exact) mass is 488 g/mol. The number of aromatic nitrogens is 4. The maximum absolute atomic E-state index is 13.4. The third-order valence-electron chi connectivity index (χ3n) is 5.88. The van der Waals surface area contributed by atoms with Crippen LogP contribution in [0.15, 0.2) is 75.5 Å². The van der Waals surface area contributed by atoms with Gasteiger partial charge in [-0.1, -0.05) is 30.0 Å². The zero-order valence-electron chi connectivity index (χ0n) is 19.6. The molecule has 1 aliphatic heterocycles. The van der Waals surface area contributed by atoms with Crippen LogP contribution in [-0.4, -0.2) is 49.7 Å². The molecule has 9 nitrogen and oxygen atoms in total. The predicted molar refractivity (Wildman–Crippen MR) is 132 cm³/mol. The Morgan fingerprint density at radius 1 is 1.11 bits per heavy atom. The van der Waals surface area contributed by atoms with Gasteiger partial charge in [0.25, 0.3) is 5.91 Å². The smallest absolute Gasteiger partial charge is 0.253 e. The number of aryl methyl sites for hydroxylation is 2. The van der Waals surface area contributed by atoms with Crippen LogP contribution in [0.4, 0.5) is 0 Å². The van der Waals surface area contributed by atoms with E-state index >= 15 is 0 Å². The highest BCUT2D eigenvalue weighted by Gasteiger charge is 2.35. The number of ether oxygens (including phenoxy) is 1. The Morgan fingerprint density at radius 2 is 1.89 bits per heavy atom. The highest BCUT2D eigenvalue weighted by molar-refractivity contribution is 7.99. The molecule has 2 aromatic carbocycles. The van der Waals surface area contributed by atoms with E-state index in [4.69, 9.17) is 9.15 Å². The van der Waals surface area contributed by atoms with Gasteiger partial charge in [0.15, 0.2) is 0 Å². The van der Waals surface area contributed by atoms with E-state index in [1.165, 1.54) is 16.8 Å². The molecule has 4 aromatic rings. The zero-order valence-corrected chi connectivity index (χ0v) is 20.4. The van der Waals surface area contributed by atoms with Crippen molar-refractivity contribution in [2.45, 2.75) is 31.5 Å². The maximum Gasteiger partial charge on any atom is 0.253 e. The molecular weight excluding hydrogens is 464 g/mol. The highest BCUT2D eigenvalue weighted by Crippen LogP contribution is 2.34. The first-order chi connectivity index (χ1) is 17.0. The molecule has 3 heterocycles. The average molecular weight is 489 g/mol. The van der Waals surface area contributed by atoms with E-state index in [0.717, 1.165) is 33.8 Å². The number of carbonyl (C=O) groups excluding carboxylic acids is 1. The molecule has 0 spiro atoms. The van der Waals surface area contributed by atoms with Gasteiger partial charge in [0.2, 0.25) is 5.16 Å². The SMILES string of the molecule is COc1ccc(C2=NN(C(=O)CSc3nnnn3-c3c(C)cccc3C)[C@@H](c3ccco3)C2)cc1. The van der Waals surface area contributed by atoms with E-state index in [2.05, 4.69) is 20.6 Å². The molecule has 5 rings (SSSR count). The van der Waals surface area contributed by atoms with Crippen molar-refractivity contribution in [3.63, 3.8) is 0 Å². The van der Waals surface area contributed by atoms with Crippen LogP contribution in [0.5, 0.6) is 5.75 Å². The summed E-state index contributed by atoms with van der Waals surface area (Å²) in [5.74, 6) is 1.43. The lowest BCUT2D eigenvalue weighted by Gasteiger charge is -2.19. The van der Waals surface area contributed by atoms with Crippen LogP contribution >= 0.6 is 11.8 Å². The molecule has 0 saturated carbocycles. The van der Waals surface area contributed by atoms with E-state index in [9.17, 15) is 4.79 Å². The van der Waals surface area contributed by atoms with E-state index in [-0.39, 0.29) is 17.7 Å². The Labute approximate surface area is 206 Å². The molecule has 0 unspecified atom stereocenters. The van der Waals surface area contributed by atoms with Crippen LogP contribution < -0.4 is 4.74 Å². The second-order valence-electron chi connectivity index (χ2n) is 8.15. The first kappa shape index (κ1) is 22.9. The quantitative estimate of drug-likeness (QED) is 0.357. The number of hydrazone groups is 1. The van der Waals surface area contributed by atoms with Crippen molar-refractivity contribution >= 4 is 23.4 Å². The maximum atomic E-state index is 13.4. The van der Waals surface area contributed by atoms with E-state index in [0.29, 0.717) is 17.3 Å². The molecule has 1 aliphatic rings. The number of furan rings is 1. The Kier molecular flexibility index (Phi) is 6.37. The summed E-state index contributed by atoms with van der Waals surface area (Å²) in [7, 11) is 1.63. The van der Waals surface area contributed by atoms with Crippen molar-refractivity contribution in [2.24, 2.45) is 5.10 Å². The van der Waals surface area contributed by atoms with Crippen LogP contribution in [0.3, 0.4) is 0 Å². The van der Waals surface area contributed by atoms with Crippen LogP contribution in [-0.2, 0) is 4.79 Å². The first-order valence-corrected chi connectivity index (χ1v) is 12.1. The summed E-state index contributed by atoms with van der Waals surface area (Å²) in [5, 5.41) is 18.9. The van der Waals surface area contributed by atoms with Gasteiger partial charge in [-0.25, -0.2) is 5.01 Å². The largest absolute Gasteiger partial charge is 0.497 e. The van der Waals surface area contributed by atoms with Gasteiger partial charge in [-0.05, 0) is 77.4 Å². The van der Waals surface area contributed by atoms with Gasteiger partial charge in [-0.2, -0.15) is 9.78 Å². The van der Waals surface area contributed by atoms with Crippen molar-refractivity contribution in [1.29, 1.82) is 0 Å². The van der Waals surface area contributed by atoms with Crippen molar-refractivity contribution < 1.29 is 13.9 Å². The fourth-order valence-electron chi connectivity index (χ4n) is 4.14. The molecule has 1 amide bonds. The Morgan fingerprint density at radius 3 is 2.57 bits per heavy atom. The molecular formula is C25H24N6O3S. The summed E-state index contributed by atoms with van der Waals surface area (Å²) in [4.78, 5) is 13.4. The number of tetrazole rings is 1. The van der Waals surface area contributed by atoms with Gasteiger partial charge in [0.05, 0.1) is 30.5 Å². The van der Waals surface area contributed by atoms with Crippen molar-refractivity contribution in [3.05, 3.63) is 83.3 Å². The lowest BCUT2D eigenvalue weighted by Crippen LogP contribution is -2.28. The fraction of sp³-hybridized carbons (Fsp3) is 0.240. The van der Waals surface area contributed by atoms with Crippen molar-refractivity contribution in [1.82, 2.24) is 25.2 Å². The van der Waals surface area contributed by atoms with E-state index in [1.54, 1.807) is 18.1 Å². The second kappa shape index (κ2) is 9.75. The normalized spacial score (nSPS) is 15.3. The third kappa shape index (κ3) is 4.57. The van der Waals surface area contributed by atoms with E-state index < -0.39 is 0 Å². The minimum Gasteiger partial charge on any atom is -0.497 e. The lowest BCUT2D eigenvalue weighted by molar-refractivity contribution is -0.130. The zero-order chi connectivity index (χ0) is 24.4. The number of para-hydroxylation sites is 1. The summed E-state index contributed by atoms with van der Waals surface area (Å²) in [6.07, 6.45) is 2.16. The number of thioether (sulfide) groups is 1. The fourth-order valence-corrected chi connectivity index (χ4v) is 4.87. The van der Waals surface area contributed by atoms with Gasteiger partial charge >= 0.3 is 0 Å². The van der Waals surface area contributed by atoms with Crippen molar-refractivity contribution in [3.8, 4) is 11.4 Å². The molecule has 2 aromatic heterocycles. The lowest BCUT2D eigenvalue weighted by atomic mass is 10.0. The standard InChI is InChI=1S/C25H24N6O3S/c1-16-6-4-7-17(2)24(16)31-25(26-28-29-31)35-15-23(32)30-21(22-8-5-13-34-22)14-20(27-30)18-9-11-19(33-3)12-10-18/h4-13,21H,14-15H2,1-3H3/t21-/m1/s1. The summed E-state index contributed by atoms with van der Waals surface area (Å²) < 4.78 is 12.6. The van der Waals surface area contributed by atoms with Gasteiger partial charge in [-0.15, -0.1) is 5.10 Å². The van der Waals surface area contributed by atoms with E-state index in [1.807, 2.05) is 68.4 Å². The van der Waals surface area contributed by atoms with Crippen LogP contribution in [0.25, 0.3) is 5.69 Å². The molecule has 178 valence electrons. The number of carbonyl (C=O) groups is 1.